The molecule has 0 spiro atoms. The van der Waals surface area contributed by atoms with Crippen molar-refractivity contribution in [2.75, 3.05) is 6.61 Å². The molecule has 0 fully saturated rings. The number of carbonyl (C=O) groups excluding carboxylic acids is 1. The third kappa shape index (κ3) is 3.46. The molecule has 6 nitrogen and oxygen atoms in total. The number of furan rings is 1. The van der Waals surface area contributed by atoms with Crippen molar-refractivity contribution in [3.8, 4) is 5.69 Å². The molecule has 0 saturated heterocycles. The van der Waals surface area contributed by atoms with E-state index in [1.165, 1.54) is 24.6 Å². The van der Waals surface area contributed by atoms with Crippen LogP contribution in [0.5, 0.6) is 0 Å². The monoisotopic (exact) mass is 343 g/mol. The summed E-state index contributed by atoms with van der Waals surface area (Å²) in [5.41, 5.74) is 1.76. The van der Waals surface area contributed by atoms with E-state index in [2.05, 4.69) is 10.4 Å². The Hall–Kier alpha value is -2.93. The number of hydrogen-bond acceptors (Lipinski definition) is 4. The molecule has 1 amide bonds. The lowest BCUT2D eigenvalue weighted by Crippen LogP contribution is -2.31. The number of aromatic nitrogens is 2. The zero-order valence-electron chi connectivity index (χ0n) is 13.6. The zero-order valence-corrected chi connectivity index (χ0v) is 13.6. The molecule has 25 heavy (non-hydrogen) atoms. The summed E-state index contributed by atoms with van der Waals surface area (Å²) in [6.45, 7) is 1.62. The number of rotatable bonds is 6. The van der Waals surface area contributed by atoms with Gasteiger partial charge in [0.15, 0.2) is 0 Å². The minimum Gasteiger partial charge on any atom is -0.467 e. The second-order valence-electron chi connectivity index (χ2n) is 5.47. The second kappa shape index (κ2) is 7.31. The molecule has 2 aromatic heterocycles. The van der Waals surface area contributed by atoms with Crippen molar-refractivity contribution >= 4 is 5.91 Å². The molecule has 0 aliphatic rings. The summed E-state index contributed by atoms with van der Waals surface area (Å²) in [6, 6.07) is 8.62. The van der Waals surface area contributed by atoms with Crippen LogP contribution in [0.4, 0.5) is 4.39 Å². The fourth-order valence-corrected chi connectivity index (χ4v) is 2.64. The van der Waals surface area contributed by atoms with Crippen LogP contribution in [0, 0.1) is 5.82 Å². The summed E-state index contributed by atoms with van der Waals surface area (Å²) >= 11 is 0. The lowest BCUT2D eigenvalue weighted by molar-refractivity contribution is 0.0906. The highest BCUT2D eigenvalue weighted by atomic mass is 19.1. The van der Waals surface area contributed by atoms with Crippen LogP contribution in [-0.2, 0) is 6.42 Å². The van der Waals surface area contributed by atoms with Crippen LogP contribution in [0.3, 0.4) is 0 Å². The summed E-state index contributed by atoms with van der Waals surface area (Å²) in [5.74, 6) is -0.225. The molecule has 0 bridgehead atoms. The molecule has 0 saturated carbocycles. The van der Waals surface area contributed by atoms with E-state index in [0.29, 0.717) is 29.1 Å². The number of aliphatic hydroxyl groups excluding tert-OH is 1. The molecule has 1 unspecified atom stereocenters. The van der Waals surface area contributed by atoms with Gasteiger partial charge in [-0.2, -0.15) is 5.10 Å². The first-order chi connectivity index (χ1) is 12.1. The number of amides is 1. The van der Waals surface area contributed by atoms with Crippen LogP contribution >= 0.6 is 0 Å². The van der Waals surface area contributed by atoms with Gasteiger partial charge < -0.3 is 14.8 Å². The van der Waals surface area contributed by atoms with Crippen molar-refractivity contribution in [3.05, 3.63) is 71.7 Å². The highest BCUT2D eigenvalue weighted by Gasteiger charge is 2.22. The first kappa shape index (κ1) is 16.9. The lowest BCUT2D eigenvalue weighted by atomic mass is 10.1. The van der Waals surface area contributed by atoms with Crippen LogP contribution in [0.2, 0.25) is 0 Å². The van der Waals surface area contributed by atoms with Crippen LogP contribution in [0.15, 0.2) is 53.3 Å². The summed E-state index contributed by atoms with van der Waals surface area (Å²) in [5, 5.41) is 16.5. The van der Waals surface area contributed by atoms with Gasteiger partial charge in [-0.25, -0.2) is 9.07 Å². The minimum atomic E-state index is -0.638. The first-order valence-electron chi connectivity index (χ1n) is 7.92. The summed E-state index contributed by atoms with van der Waals surface area (Å²) in [6.07, 6.45) is 3.51. The molecule has 0 aliphatic heterocycles. The van der Waals surface area contributed by atoms with Gasteiger partial charge in [-0.3, -0.25) is 4.79 Å². The maximum atomic E-state index is 13.1. The largest absolute Gasteiger partial charge is 0.467 e. The number of aliphatic hydroxyl groups is 1. The standard InChI is InChI=1S/C18H18FN3O3/c1-2-16-14(10-20-22(16)13-7-5-12(19)6-8-13)18(24)21-15(11-23)17-4-3-9-25-17/h3-10,15,23H,2,11H2,1H3,(H,21,24). The van der Waals surface area contributed by atoms with Crippen LogP contribution in [0.25, 0.3) is 5.69 Å². The minimum absolute atomic E-state index is 0.285. The quantitative estimate of drug-likeness (QED) is 0.721. The predicted molar refractivity (Wildman–Crippen MR) is 88.9 cm³/mol. The predicted octanol–water partition coefficient (Wildman–Crippen LogP) is 2.63. The molecule has 1 atom stereocenters. The number of carbonyl (C=O) groups is 1. The normalized spacial score (nSPS) is 12.1. The number of benzene rings is 1. The lowest BCUT2D eigenvalue weighted by Gasteiger charge is -2.14. The smallest absolute Gasteiger partial charge is 0.255 e. The van der Waals surface area contributed by atoms with Gasteiger partial charge in [0.1, 0.15) is 17.6 Å². The number of halogens is 1. The molecule has 2 heterocycles. The molecule has 0 aliphatic carbocycles. The second-order valence-corrected chi connectivity index (χ2v) is 5.47. The Balaban J connectivity index is 1.87. The van der Waals surface area contributed by atoms with E-state index in [0.717, 1.165) is 0 Å². The molecular weight excluding hydrogens is 325 g/mol. The van der Waals surface area contributed by atoms with Gasteiger partial charge in [-0.05, 0) is 42.8 Å². The highest BCUT2D eigenvalue weighted by molar-refractivity contribution is 5.95. The van der Waals surface area contributed by atoms with Crippen LogP contribution in [0.1, 0.15) is 34.8 Å². The van der Waals surface area contributed by atoms with Gasteiger partial charge in [0, 0.05) is 0 Å². The molecule has 130 valence electrons. The van der Waals surface area contributed by atoms with Gasteiger partial charge in [-0.15, -0.1) is 0 Å². The number of nitrogens with one attached hydrogen (secondary N) is 1. The van der Waals surface area contributed by atoms with Gasteiger partial charge in [-0.1, -0.05) is 6.92 Å². The Labute approximate surface area is 143 Å². The van der Waals surface area contributed by atoms with Crippen LogP contribution < -0.4 is 5.32 Å². The first-order valence-corrected chi connectivity index (χ1v) is 7.92. The highest BCUT2D eigenvalue weighted by Crippen LogP contribution is 2.18. The van der Waals surface area contributed by atoms with E-state index in [4.69, 9.17) is 4.42 Å². The summed E-state index contributed by atoms with van der Waals surface area (Å²) in [4.78, 5) is 12.6. The molecule has 2 N–H and O–H groups in total. The third-order valence-electron chi connectivity index (χ3n) is 3.89. The van der Waals surface area contributed by atoms with Gasteiger partial charge in [0.05, 0.1) is 36.0 Å². The Morgan fingerprint density at radius 1 is 1.36 bits per heavy atom. The molecule has 3 aromatic rings. The SMILES string of the molecule is CCc1c(C(=O)NC(CO)c2ccco2)cnn1-c1ccc(F)cc1. The fourth-order valence-electron chi connectivity index (χ4n) is 2.64. The van der Waals surface area contributed by atoms with E-state index >= 15 is 0 Å². The van der Waals surface area contributed by atoms with E-state index in [1.54, 1.807) is 28.9 Å². The van der Waals surface area contributed by atoms with Gasteiger partial charge in [0.2, 0.25) is 0 Å². The zero-order chi connectivity index (χ0) is 17.8. The molecule has 1 aromatic carbocycles. The Bertz CT molecular complexity index is 841. The van der Waals surface area contributed by atoms with E-state index in [1.807, 2.05) is 6.92 Å². The van der Waals surface area contributed by atoms with E-state index < -0.39 is 6.04 Å². The van der Waals surface area contributed by atoms with Gasteiger partial charge in [0.25, 0.3) is 5.91 Å². The molecule has 7 heteroatoms. The van der Waals surface area contributed by atoms with Crippen LogP contribution in [-0.4, -0.2) is 27.4 Å². The van der Waals surface area contributed by atoms with Crippen molar-refractivity contribution in [3.63, 3.8) is 0 Å². The molecule has 0 radical (unpaired) electrons. The molecule has 3 rings (SSSR count). The Morgan fingerprint density at radius 3 is 2.72 bits per heavy atom. The average Bonchev–Trinajstić information content (AvgIpc) is 3.29. The maximum Gasteiger partial charge on any atom is 0.255 e. The topological polar surface area (TPSA) is 80.3 Å². The van der Waals surface area contributed by atoms with Crippen molar-refractivity contribution in [2.45, 2.75) is 19.4 Å². The third-order valence-corrected chi connectivity index (χ3v) is 3.89. The fraction of sp³-hybridized carbons (Fsp3) is 0.222. The number of hydrogen-bond donors (Lipinski definition) is 2. The number of nitrogens with zero attached hydrogens (tertiary/aromatic N) is 2. The summed E-state index contributed by atoms with van der Waals surface area (Å²) in [7, 11) is 0. The maximum absolute atomic E-state index is 13.1. The molecular formula is C18H18FN3O3. The van der Waals surface area contributed by atoms with Crippen molar-refractivity contribution in [1.82, 2.24) is 15.1 Å². The Kier molecular flexibility index (Phi) is 4.95. The van der Waals surface area contributed by atoms with Gasteiger partial charge >= 0.3 is 0 Å². The average molecular weight is 343 g/mol. The van der Waals surface area contributed by atoms with Crippen molar-refractivity contribution in [1.29, 1.82) is 0 Å². The van der Waals surface area contributed by atoms with E-state index in [9.17, 15) is 14.3 Å². The van der Waals surface area contributed by atoms with Crippen molar-refractivity contribution in [2.24, 2.45) is 0 Å². The van der Waals surface area contributed by atoms with Crippen molar-refractivity contribution < 1.29 is 18.7 Å². The Morgan fingerprint density at radius 2 is 2.12 bits per heavy atom. The summed E-state index contributed by atoms with van der Waals surface area (Å²) < 4.78 is 19.9. The van der Waals surface area contributed by atoms with E-state index in [-0.39, 0.29) is 18.3 Å².